The molecule has 1 heterocycles. The second kappa shape index (κ2) is 5.14. The van der Waals surface area contributed by atoms with Crippen LogP contribution in [0.5, 0.6) is 0 Å². The van der Waals surface area contributed by atoms with Crippen LogP contribution >= 0.6 is 23.2 Å². The second-order valence-electron chi connectivity index (χ2n) is 2.48. The maximum absolute atomic E-state index is 11.3. The van der Waals surface area contributed by atoms with Gasteiger partial charge in [-0.25, -0.2) is 4.98 Å². The number of aliphatic hydroxyl groups is 1. The van der Waals surface area contributed by atoms with Crippen molar-refractivity contribution in [1.82, 2.24) is 10.3 Å². The summed E-state index contributed by atoms with van der Waals surface area (Å²) in [5, 5.41) is 11.3. The predicted molar refractivity (Wildman–Crippen MR) is 53.7 cm³/mol. The van der Waals surface area contributed by atoms with Crippen LogP contribution in [-0.4, -0.2) is 29.1 Å². The Hall–Kier alpha value is -0.840. The van der Waals surface area contributed by atoms with Gasteiger partial charge in [0.05, 0.1) is 6.61 Å². The van der Waals surface area contributed by atoms with Gasteiger partial charge < -0.3 is 10.4 Å². The lowest BCUT2D eigenvalue weighted by atomic mass is 10.2. The van der Waals surface area contributed by atoms with Crippen molar-refractivity contribution in [3.8, 4) is 0 Å². The highest BCUT2D eigenvalue weighted by Gasteiger charge is 2.07. The van der Waals surface area contributed by atoms with E-state index in [2.05, 4.69) is 10.3 Å². The van der Waals surface area contributed by atoms with Gasteiger partial charge in [0.2, 0.25) is 0 Å². The highest BCUT2D eigenvalue weighted by molar-refractivity contribution is 6.33. The van der Waals surface area contributed by atoms with Crippen LogP contribution in [0.15, 0.2) is 12.1 Å². The van der Waals surface area contributed by atoms with E-state index in [9.17, 15) is 4.79 Å². The molecule has 0 radical (unpaired) electrons. The molecule has 4 nitrogen and oxygen atoms in total. The lowest BCUT2D eigenvalue weighted by Gasteiger charge is -2.03. The normalized spacial score (nSPS) is 9.93. The van der Waals surface area contributed by atoms with Gasteiger partial charge in [-0.2, -0.15) is 0 Å². The largest absolute Gasteiger partial charge is 0.395 e. The van der Waals surface area contributed by atoms with Crippen molar-refractivity contribution in [2.75, 3.05) is 13.2 Å². The summed E-state index contributed by atoms with van der Waals surface area (Å²) in [6.45, 7) is 0.0781. The average molecular weight is 235 g/mol. The summed E-state index contributed by atoms with van der Waals surface area (Å²) in [5.41, 5.74) is 0.323. The van der Waals surface area contributed by atoms with Crippen molar-refractivity contribution in [3.63, 3.8) is 0 Å². The molecule has 1 amide bonds. The van der Waals surface area contributed by atoms with Crippen LogP contribution in [-0.2, 0) is 0 Å². The molecule has 0 spiro atoms. The first-order chi connectivity index (χ1) is 6.63. The van der Waals surface area contributed by atoms with E-state index in [1.54, 1.807) is 0 Å². The topological polar surface area (TPSA) is 62.2 Å². The molecule has 2 N–H and O–H groups in total. The van der Waals surface area contributed by atoms with Crippen molar-refractivity contribution < 1.29 is 9.90 Å². The molecule has 14 heavy (non-hydrogen) atoms. The number of carbonyl (C=O) groups excluding carboxylic acids is 1. The van der Waals surface area contributed by atoms with Crippen LogP contribution in [0.2, 0.25) is 10.3 Å². The molecule has 0 aromatic carbocycles. The Balaban J connectivity index is 2.79. The van der Waals surface area contributed by atoms with E-state index in [0.29, 0.717) is 5.56 Å². The fourth-order valence-corrected chi connectivity index (χ4v) is 1.33. The number of nitrogens with zero attached hydrogens (tertiary/aromatic N) is 1. The Labute approximate surface area is 90.9 Å². The van der Waals surface area contributed by atoms with E-state index in [1.807, 2.05) is 0 Å². The number of aliphatic hydroxyl groups excluding tert-OH is 1. The highest BCUT2D eigenvalue weighted by atomic mass is 35.5. The molecule has 1 aromatic rings. The minimum absolute atomic E-state index is 0.113. The van der Waals surface area contributed by atoms with Gasteiger partial charge in [-0.05, 0) is 12.1 Å². The van der Waals surface area contributed by atoms with E-state index in [-0.39, 0.29) is 29.4 Å². The van der Waals surface area contributed by atoms with Crippen molar-refractivity contribution in [2.24, 2.45) is 0 Å². The van der Waals surface area contributed by atoms with Crippen LogP contribution in [0.1, 0.15) is 10.4 Å². The second-order valence-corrected chi connectivity index (χ2v) is 3.26. The summed E-state index contributed by atoms with van der Waals surface area (Å²) in [4.78, 5) is 15.0. The maximum atomic E-state index is 11.3. The Morgan fingerprint density at radius 3 is 2.50 bits per heavy atom. The summed E-state index contributed by atoms with van der Waals surface area (Å²) in [6, 6.07) is 2.81. The first-order valence-corrected chi connectivity index (χ1v) is 4.61. The van der Waals surface area contributed by atoms with Crippen LogP contribution in [0, 0.1) is 0 Å². The minimum Gasteiger partial charge on any atom is -0.395 e. The zero-order chi connectivity index (χ0) is 10.6. The number of rotatable bonds is 3. The molecule has 6 heteroatoms. The molecular weight excluding hydrogens is 227 g/mol. The van der Waals surface area contributed by atoms with Gasteiger partial charge in [0.15, 0.2) is 0 Å². The summed E-state index contributed by atoms with van der Waals surface area (Å²) in [6.07, 6.45) is 0. The SMILES string of the molecule is O=C(NCCO)c1cc(Cl)nc(Cl)c1. The van der Waals surface area contributed by atoms with Crippen molar-refractivity contribution in [1.29, 1.82) is 0 Å². The standard InChI is InChI=1S/C8H8Cl2N2O2/c9-6-3-5(4-7(10)12-6)8(14)11-1-2-13/h3-4,13H,1-2H2,(H,11,14). The number of hydrogen-bond donors (Lipinski definition) is 2. The first kappa shape index (κ1) is 11.2. The van der Waals surface area contributed by atoms with Gasteiger partial charge in [0.25, 0.3) is 5.91 Å². The number of carbonyl (C=O) groups is 1. The molecule has 0 aliphatic carbocycles. The molecule has 76 valence electrons. The third kappa shape index (κ3) is 3.14. The number of pyridine rings is 1. The first-order valence-electron chi connectivity index (χ1n) is 3.85. The molecule has 0 aliphatic heterocycles. The molecule has 0 aliphatic rings. The summed E-state index contributed by atoms with van der Waals surface area (Å²) < 4.78 is 0. The fraction of sp³-hybridized carbons (Fsp3) is 0.250. The smallest absolute Gasteiger partial charge is 0.251 e. The zero-order valence-electron chi connectivity index (χ0n) is 7.13. The Morgan fingerprint density at radius 2 is 2.00 bits per heavy atom. The van der Waals surface area contributed by atoms with Gasteiger partial charge in [0.1, 0.15) is 10.3 Å². The predicted octanol–water partition coefficient (Wildman–Crippen LogP) is 1.11. The maximum Gasteiger partial charge on any atom is 0.251 e. The third-order valence-corrected chi connectivity index (χ3v) is 1.81. The summed E-state index contributed by atoms with van der Waals surface area (Å²) in [7, 11) is 0. The molecule has 0 fully saturated rings. The zero-order valence-corrected chi connectivity index (χ0v) is 8.64. The number of aromatic nitrogens is 1. The molecule has 0 atom stereocenters. The van der Waals surface area contributed by atoms with Crippen molar-refractivity contribution in [2.45, 2.75) is 0 Å². The van der Waals surface area contributed by atoms with E-state index < -0.39 is 0 Å². The molecule has 0 saturated heterocycles. The van der Waals surface area contributed by atoms with E-state index in [4.69, 9.17) is 28.3 Å². The third-order valence-electron chi connectivity index (χ3n) is 1.42. The average Bonchev–Trinajstić information content (AvgIpc) is 2.12. The molecule has 1 rings (SSSR count). The number of halogens is 2. The highest BCUT2D eigenvalue weighted by Crippen LogP contribution is 2.14. The van der Waals surface area contributed by atoms with Crippen LogP contribution < -0.4 is 5.32 Å². The number of nitrogens with one attached hydrogen (secondary N) is 1. The molecule has 0 bridgehead atoms. The van der Waals surface area contributed by atoms with Gasteiger partial charge in [-0.3, -0.25) is 4.79 Å². The Morgan fingerprint density at radius 1 is 1.43 bits per heavy atom. The molecule has 1 aromatic heterocycles. The van der Waals surface area contributed by atoms with Crippen molar-refractivity contribution in [3.05, 3.63) is 28.0 Å². The number of amides is 1. The van der Waals surface area contributed by atoms with Crippen LogP contribution in [0.4, 0.5) is 0 Å². The summed E-state index contributed by atoms with van der Waals surface area (Å²) in [5.74, 6) is -0.342. The van der Waals surface area contributed by atoms with Crippen molar-refractivity contribution >= 4 is 29.1 Å². The molecular formula is C8H8Cl2N2O2. The lowest BCUT2D eigenvalue weighted by molar-refractivity contribution is 0.0944. The van der Waals surface area contributed by atoms with Gasteiger partial charge >= 0.3 is 0 Å². The summed E-state index contributed by atoms with van der Waals surface area (Å²) >= 11 is 11.2. The van der Waals surface area contributed by atoms with Crippen LogP contribution in [0.3, 0.4) is 0 Å². The Bertz CT molecular complexity index is 324. The quantitative estimate of drug-likeness (QED) is 0.771. The number of hydrogen-bond acceptors (Lipinski definition) is 3. The van der Waals surface area contributed by atoms with E-state index in [1.165, 1.54) is 12.1 Å². The molecule has 0 saturated carbocycles. The molecule has 0 unspecified atom stereocenters. The Kier molecular flexibility index (Phi) is 4.13. The fourth-order valence-electron chi connectivity index (χ4n) is 0.867. The van der Waals surface area contributed by atoms with E-state index in [0.717, 1.165) is 0 Å². The van der Waals surface area contributed by atoms with Crippen LogP contribution in [0.25, 0.3) is 0 Å². The van der Waals surface area contributed by atoms with E-state index >= 15 is 0 Å². The monoisotopic (exact) mass is 234 g/mol. The lowest BCUT2D eigenvalue weighted by Crippen LogP contribution is -2.26. The van der Waals surface area contributed by atoms with Gasteiger partial charge in [-0.1, -0.05) is 23.2 Å². The van der Waals surface area contributed by atoms with Gasteiger partial charge in [0, 0.05) is 12.1 Å². The van der Waals surface area contributed by atoms with Gasteiger partial charge in [-0.15, -0.1) is 0 Å². The minimum atomic E-state index is -0.342.